The summed E-state index contributed by atoms with van der Waals surface area (Å²) in [4.78, 5) is 2.58. The summed E-state index contributed by atoms with van der Waals surface area (Å²) in [5.74, 6) is 0. The number of nitrogens with one attached hydrogen (secondary N) is 1. The van der Waals surface area contributed by atoms with Crippen LogP contribution in [0, 0.1) is 0 Å². The van der Waals surface area contributed by atoms with Crippen LogP contribution in [0.25, 0.3) is 0 Å². The third-order valence-electron chi connectivity index (χ3n) is 4.44. The molecule has 0 bridgehead atoms. The van der Waals surface area contributed by atoms with E-state index in [0.29, 0.717) is 6.04 Å². The lowest BCUT2D eigenvalue weighted by Crippen LogP contribution is -2.45. The van der Waals surface area contributed by atoms with Crippen LogP contribution in [-0.2, 0) is 13.0 Å². The first-order valence-electron chi connectivity index (χ1n) is 8.44. The Morgan fingerprint density at radius 2 is 1.59 bits per heavy atom. The summed E-state index contributed by atoms with van der Waals surface area (Å²) in [6.45, 7) is 4.56. The Labute approximate surface area is 134 Å². The standard InChI is InChI=1S/C20H26N2/c1-3-8-18(9-4-1)13-14-21-20-12-7-15-22(17-20)16-19-10-5-2-6-11-19/h1-6,8-11,20-21H,7,12-17H2. The maximum atomic E-state index is 3.74. The summed E-state index contributed by atoms with van der Waals surface area (Å²) in [5.41, 5.74) is 2.85. The molecule has 1 N–H and O–H groups in total. The van der Waals surface area contributed by atoms with Gasteiger partial charge in [0, 0.05) is 19.1 Å². The minimum atomic E-state index is 0.640. The molecule has 1 unspecified atom stereocenters. The zero-order valence-corrected chi connectivity index (χ0v) is 13.2. The zero-order chi connectivity index (χ0) is 15.0. The predicted molar refractivity (Wildman–Crippen MR) is 92.9 cm³/mol. The van der Waals surface area contributed by atoms with E-state index in [1.165, 1.54) is 37.1 Å². The van der Waals surface area contributed by atoms with E-state index in [2.05, 4.69) is 70.9 Å². The largest absolute Gasteiger partial charge is 0.312 e. The number of rotatable bonds is 6. The molecule has 1 saturated heterocycles. The highest BCUT2D eigenvalue weighted by atomic mass is 15.2. The van der Waals surface area contributed by atoms with Crippen molar-refractivity contribution in [3.8, 4) is 0 Å². The van der Waals surface area contributed by atoms with Gasteiger partial charge >= 0.3 is 0 Å². The minimum absolute atomic E-state index is 0.640. The molecule has 1 heterocycles. The number of hydrogen-bond donors (Lipinski definition) is 1. The summed E-state index contributed by atoms with van der Waals surface area (Å²) in [5, 5.41) is 3.74. The van der Waals surface area contributed by atoms with Gasteiger partial charge in [-0.25, -0.2) is 0 Å². The smallest absolute Gasteiger partial charge is 0.0234 e. The SMILES string of the molecule is c1ccc(CCNC2CCCN(Cc3ccccc3)C2)cc1. The first kappa shape index (κ1) is 15.3. The minimum Gasteiger partial charge on any atom is -0.312 e. The molecule has 3 rings (SSSR count). The molecule has 1 aliphatic rings. The fraction of sp³-hybridized carbons (Fsp3) is 0.400. The summed E-state index contributed by atoms with van der Waals surface area (Å²) in [6.07, 6.45) is 3.73. The maximum absolute atomic E-state index is 3.74. The van der Waals surface area contributed by atoms with Gasteiger partial charge in [0.1, 0.15) is 0 Å². The Balaban J connectivity index is 1.42. The van der Waals surface area contributed by atoms with Crippen LogP contribution in [0.1, 0.15) is 24.0 Å². The molecule has 0 aliphatic carbocycles. The molecule has 2 nitrogen and oxygen atoms in total. The predicted octanol–water partition coefficient (Wildman–Crippen LogP) is 3.48. The van der Waals surface area contributed by atoms with Crippen LogP contribution in [0.5, 0.6) is 0 Å². The number of benzene rings is 2. The van der Waals surface area contributed by atoms with Crippen molar-refractivity contribution in [3.63, 3.8) is 0 Å². The Kier molecular flexibility index (Phi) is 5.63. The number of piperidine rings is 1. The third kappa shape index (κ3) is 4.69. The van der Waals surface area contributed by atoms with Crippen LogP contribution in [-0.4, -0.2) is 30.6 Å². The van der Waals surface area contributed by atoms with E-state index < -0.39 is 0 Å². The average molecular weight is 294 g/mol. The molecule has 1 aliphatic heterocycles. The Bertz CT molecular complexity index is 538. The lowest BCUT2D eigenvalue weighted by atomic mass is 10.0. The van der Waals surface area contributed by atoms with Crippen molar-refractivity contribution in [2.45, 2.75) is 31.8 Å². The number of hydrogen-bond acceptors (Lipinski definition) is 2. The zero-order valence-electron chi connectivity index (χ0n) is 13.2. The molecule has 2 heteroatoms. The van der Waals surface area contributed by atoms with Crippen LogP contribution >= 0.6 is 0 Å². The first-order valence-corrected chi connectivity index (χ1v) is 8.44. The molecule has 22 heavy (non-hydrogen) atoms. The quantitative estimate of drug-likeness (QED) is 0.877. The fourth-order valence-electron chi connectivity index (χ4n) is 3.27. The van der Waals surface area contributed by atoms with Crippen molar-refractivity contribution in [2.75, 3.05) is 19.6 Å². The van der Waals surface area contributed by atoms with Crippen molar-refractivity contribution in [1.29, 1.82) is 0 Å². The van der Waals surface area contributed by atoms with Crippen LogP contribution in [0.2, 0.25) is 0 Å². The second-order valence-corrected chi connectivity index (χ2v) is 6.25. The van der Waals surface area contributed by atoms with Crippen molar-refractivity contribution in [1.82, 2.24) is 10.2 Å². The Morgan fingerprint density at radius 1 is 0.909 bits per heavy atom. The second kappa shape index (κ2) is 8.11. The van der Waals surface area contributed by atoms with Crippen molar-refractivity contribution >= 4 is 0 Å². The van der Waals surface area contributed by atoms with Gasteiger partial charge < -0.3 is 5.32 Å². The van der Waals surface area contributed by atoms with Gasteiger partial charge in [0.15, 0.2) is 0 Å². The van der Waals surface area contributed by atoms with Gasteiger partial charge in [-0.15, -0.1) is 0 Å². The molecule has 116 valence electrons. The summed E-state index contributed by atoms with van der Waals surface area (Å²) < 4.78 is 0. The molecule has 2 aromatic carbocycles. The Hall–Kier alpha value is -1.64. The highest BCUT2D eigenvalue weighted by Crippen LogP contribution is 2.13. The van der Waals surface area contributed by atoms with E-state index >= 15 is 0 Å². The van der Waals surface area contributed by atoms with Crippen molar-refractivity contribution in [2.24, 2.45) is 0 Å². The molecular formula is C20H26N2. The van der Waals surface area contributed by atoms with E-state index in [0.717, 1.165) is 19.5 Å². The summed E-state index contributed by atoms with van der Waals surface area (Å²) in [6, 6.07) is 22.2. The van der Waals surface area contributed by atoms with Crippen LogP contribution in [0.15, 0.2) is 60.7 Å². The van der Waals surface area contributed by atoms with Gasteiger partial charge in [0.25, 0.3) is 0 Å². The summed E-state index contributed by atoms with van der Waals surface area (Å²) >= 11 is 0. The number of likely N-dealkylation sites (tertiary alicyclic amines) is 1. The van der Waals surface area contributed by atoms with Crippen molar-refractivity contribution < 1.29 is 0 Å². The van der Waals surface area contributed by atoms with Gasteiger partial charge in [0.05, 0.1) is 0 Å². The molecule has 0 saturated carbocycles. The van der Waals surface area contributed by atoms with Gasteiger partial charge in [0.2, 0.25) is 0 Å². The summed E-state index contributed by atoms with van der Waals surface area (Å²) in [7, 11) is 0. The topological polar surface area (TPSA) is 15.3 Å². The van der Waals surface area contributed by atoms with E-state index in [1.54, 1.807) is 0 Å². The van der Waals surface area contributed by atoms with E-state index in [-0.39, 0.29) is 0 Å². The van der Waals surface area contributed by atoms with Crippen LogP contribution in [0.3, 0.4) is 0 Å². The molecule has 1 atom stereocenters. The molecule has 0 spiro atoms. The lowest BCUT2D eigenvalue weighted by Gasteiger charge is -2.33. The highest BCUT2D eigenvalue weighted by Gasteiger charge is 2.19. The molecule has 1 fully saturated rings. The van der Waals surface area contributed by atoms with E-state index in [1.807, 2.05) is 0 Å². The van der Waals surface area contributed by atoms with Gasteiger partial charge in [-0.1, -0.05) is 60.7 Å². The lowest BCUT2D eigenvalue weighted by molar-refractivity contribution is 0.184. The fourth-order valence-corrected chi connectivity index (χ4v) is 3.27. The van der Waals surface area contributed by atoms with E-state index in [9.17, 15) is 0 Å². The number of nitrogens with zero attached hydrogens (tertiary/aromatic N) is 1. The first-order chi connectivity index (χ1) is 10.9. The second-order valence-electron chi connectivity index (χ2n) is 6.25. The van der Waals surface area contributed by atoms with Gasteiger partial charge in [-0.05, 0) is 43.5 Å². The molecule has 0 amide bonds. The monoisotopic (exact) mass is 294 g/mol. The van der Waals surface area contributed by atoms with Gasteiger partial charge in [-0.3, -0.25) is 4.90 Å². The van der Waals surface area contributed by atoms with Crippen LogP contribution < -0.4 is 5.32 Å². The molecular weight excluding hydrogens is 268 g/mol. The normalized spacial score (nSPS) is 19.2. The maximum Gasteiger partial charge on any atom is 0.0234 e. The Morgan fingerprint density at radius 3 is 2.32 bits per heavy atom. The average Bonchev–Trinajstić information content (AvgIpc) is 2.57. The van der Waals surface area contributed by atoms with Gasteiger partial charge in [-0.2, -0.15) is 0 Å². The molecule has 0 radical (unpaired) electrons. The van der Waals surface area contributed by atoms with Crippen molar-refractivity contribution in [3.05, 3.63) is 71.8 Å². The third-order valence-corrected chi connectivity index (χ3v) is 4.44. The molecule has 2 aromatic rings. The molecule has 0 aromatic heterocycles. The highest BCUT2D eigenvalue weighted by molar-refractivity contribution is 5.15. The van der Waals surface area contributed by atoms with Crippen LogP contribution in [0.4, 0.5) is 0 Å². The van der Waals surface area contributed by atoms with E-state index in [4.69, 9.17) is 0 Å².